The van der Waals surface area contributed by atoms with Crippen molar-refractivity contribution < 1.29 is 0 Å². The van der Waals surface area contributed by atoms with Gasteiger partial charge in [-0.3, -0.25) is 4.90 Å². The van der Waals surface area contributed by atoms with Gasteiger partial charge in [-0.25, -0.2) is 9.97 Å². The Balaban J connectivity index is 1.82. The monoisotopic (exact) mass is 339 g/mol. The van der Waals surface area contributed by atoms with Crippen LogP contribution in [0.3, 0.4) is 0 Å². The van der Waals surface area contributed by atoms with Crippen LogP contribution in [0.15, 0.2) is 10.8 Å². The molecule has 0 saturated carbocycles. The molecule has 2 aliphatic heterocycles. The van der Waals surface area contributed by atoms with Crippen molar-refractivity contribution >= 4 is 27.6 Å². The maximum atomic E-state index is 4.51. The quantitative estimate of drug-likeness (QED) is 0.915. The van der Waals surface area contributed by atoms with E-state index in [1.165, 1.54) is 32.4 Å². The van der Waals surface area contributed by atoms with E-state index in [2.05, 4.69) is 47.9 Å². The van der Waals surface area contributed by atoms with Gasteiger partial charge in [-0.05, 0) is 48.7 Å². The van der Waals surface area contributed by atoms with Crippen LogP contribution in [0, 0.1) is 0 Å². The molecular weight excluding hydrogens is 318 g/mol. The van der Waals surface area contributed by atoms with Gasteiger partial charge in [0.05, 0.1) is 0 Å². The van der Waals surface area contributed by atoms with E-state index in [1.54, 1.807) is 6.33 Å². The van der Waals surface area contributed by atoms with E-state index in [9.17, 15) is 0 Å². The molecule has 1 N–H and O–H groups in total. The molecular formula is C14H22BrN5. The van der Waals surface area contributed by atoms with Gasteiger partial charge in [0.15, 0.2) is 0 Å². The van der Waals surface area contributed by atoms with E-state index in [-0.39, 0.29) is 0 Å². The average molecular weight is 340 g/mol. The van der Waals surface area contributed by atoms with Crippen LogP contribution in [-0.2, 0) is 0 Å². The molecule has 110 valence electrons. The van der Waals surface area contributed by atoms with Gasteiger partial charge in [0, 0.05) is 32.2 Å². The number of fused-ring (bicyclic) bond motifs is 1. The lowest BCUT2D eigenvalue weighted by molar-refractivity contribution is 0.273. The number of aromatic nitrogens is 2. The highest BCUT2D eigenvalue weighted by Gasteiger charge is 2.30. The zero-order chi connectivity index (χ0) is 13.9. The molecule has 6 heteroatoms. The maximum absolute atomic E-state index is 4.51. The van der Waals surface area contributed by atoms with Crippen LogP contribution >= 0.6 is 15.9 Å². The Bertz CT molecular complexity index is 467. The third-order valence-corrected chi connectivity index (χ3v) is 4.95. The second-order valence-corrected chi connectivity index (χ2v) is 6.31. The fourth-order valence-corrected chi connectivity index (χ4v) is 3.87. The molecule has 3 rings (SSSR count). The first-order chi connectivity index (χ1) is 9.79. The minimum atomic E-state index is 0.696. The summed E-state index contributed by atoms with van der Waals surface area (Å²) in [4.78, 5) is 13.9. The van der Waals surface area contributed by atoms with E-state index >= 15 is 0 Å². The Kier molecular flexibility index (Phi) is 4.41. The largest absolute Gasteiger partial charge is 0.369 e. The van der Waals surface area contributed by atoms with Gasteiger partial charge in [-0.1, -0.05) is 0 Å². The summed E-state index contributed by atoms with van der Waals surface area (Å²) in [6.45, 7) is 7.60. The summed E-state index contributed by atoms with van der Waals surface area (Å²) in [6, 6.07) is 0.696. The molecule has 1 atom stereocenters. The molecule has 20 heavy (non-hydrogen) atoms. The van der Waals surface area contributed by atoms with Gasteiger partial charge in [0.25, 0.3) is 0 Å². The van der Waals surface area contributed by atoms with Gasteiger partial charge in [0.1, 0.15) is 22.4 Å². The van der Waals surface area contributed by atoms with Crippen molar-refractivity contribution in [3.8, 4) is 0 Å². The zero-order valence-corrected chi connectivity index (χ0v) is 13.6. The van der Waals surface area contributed by atoms with Gasteiger partial charge in [-0.2, -0.15) is 0 Å². The van der Waals surface area contributed by atoms with Crippen molar-refractivity contribution in [2.75, 3.05) is 42.9 Å². The molecule has 0 spiro atoms. The lowest BCUT2D eigenvalue weighted by Gasteiger charge is -2.27. The number of nitrogens with zero attached hydrogens (tertiary/aromatic N) is 4. The van der Waals surface area contributed by atoms with Crippen LogP contribution in [0.1, 0.15) is 26.2 Å². The molecule has 1 aromatic rings. The molecule has 2 saturated heterocycles. The van der Waals surface area contributed by atoms with E-state index < -0.39 is 0 Å². The molecule has 0 aromatic carbocycles. The molecule has 2 fully saturated rings. The highest BCUT2D eigenvalue weighted by atomic mass is 79.9. The summed E-state index contributed by atoms with van der Waals surface area (Å²) >= 11 is 3.67. The molecule has 0 bridgehead atoms. The van der Waals surface area contributed by atoms with Crippen LogP contribution in [-0.4, -0.2) is 53.6 Å². The highest BCUT2D eigenvalue weighted by Crippen LogP contribution is 2.32. The molecule has 2 aliphatic rings. The Labute approximate surface area is 128 Å². The van der Waals surface area contributed by atoms with Gasteiger partial charge >= 0.3 is 0 Å². The summed E-state index contributed by atoms with van der Waals surface area (Å²) in [6.07, 6.45) is 5.53. The van der Waals surface area contributed by atoms with E-state index in [4.69, 9.17) is 0 Å². The molecule has 0 aliphatic carbocycles. The van der Waals surface area contributed by atoms with Crippen molar-refractivity contribution in [3.05, 3.63) is 10.8 Å². The van der Waals surface area contributed by atoms with Crippen LogP contribution in [0.25, 0.3) is 0 Å². The fourth-order valence-electron chi connectivity index (χ4n) is 3.27. The predicted octanol–water partition coefficient (Wildman–Crippen LogP) is 2.35. The SMILES string of the molecule is CCNc1ncnc(N2CCCN3CCCC3C2)c1Br. The standard InChI is InChI=1S/C14H22BrN5/c1-2-16-13-12(15)14(18-10-17-13)20-8-4-7-19-6-3-5-11(19)9-20/h10-11H,2-9H2,1H3,(H,16,17,18). The fraction of sp³-hybridized carbons (Fsp3) is 0.714. The van der Waals surface area contributed by atoms with Crippen LogP contribution in [0.4, 0.5) is 11.6 Å². The molecule has 0 amide bonds. The lowest BCUT2D eigenvalue weighted by atomic mass is 10.2. The van der Waals surface area contributed by atoms with Crippen molar-refractivity contribution in [2.45, 2.75) is 32.2 Å². The molecule has 0 radical (unpaired) electrons. The molecule has 1 unspecified atom stereocenters. The topological polar surface area (TPSA) is 44.3 Å². The van der Waals surface area contributed by atoms with Crippen molar-refractivity contribution in [2.24, 2.45) is 0 Å². The van der Waals surface area contributed by atoms with Crippen LogP contribution < -0.4 is 10.2 Å². The summed E-state index contributed by atoms with van der Waals surface area (Å²) in [5.41, 5.74) is 0. The number of hydrogen-bond acceptors (Lipinski definition) is 5. The molecule has 3 heterocycles. The second-order valence-electron chi connectivity index (χ2n) is 5.52. The molecule has 5 nitrogen and oxygen atoms in total. The Morgan fingerprint density at radius 2 is 2.15 bits per heavy atom. The third kappa shape index (κ3) is 2.76. The first-order valence-electron chi connectivity index (χ1n) is 7.53. The Morgan fingerprint density at radius 3 is 3.00 bits per heavy atom. The number of halogens is 1. The van der Waals surface area contributed by atoms with Crippen molar-refractivity contribution in [3.63, 3.8) is 0 Å². The maximum Gasteiger partial charge on any atom is 0.148 e. The van der Waals surface area contributed by atoms with E-state index in [0.717, 1.165) is 35.7 Å². The number of hydrogen-bond donors (Lipinski definition) is 1. The number of anilines is 2. The van der Waals surface area contributed by atoms with Crippen LogP contribution in [0.2, 0.25) is 0 Å². The minimum absolute atomic E-state index is 0.696. The van der Waals surface area contributed by atoms with Crippen molar-refractivity contribution in [1.82, 2.24) is 14.9 Å². The first-order valence-corrected chi connectivity index (χ1v) is 8.32. The van der Waals surface area contributed by atoms with Crippen molar-refractivity contribution in [1.29, 1.82) is 0 Å². The van der Waals surface area contributed by atoms with E-state index in [1.807, 2.05) is 0 Å². The number of nitrogens with one attached hydrogen (secondary N) is 1. The van der Waals surface area contributed by atoms with Gasteiger partial charge < -0.3 is 10.2 Å². The minimum Gasteiger partial charge on any atom is -0.369 e. The third-order valence-electron chi connectivity index (χ3n) is 4.22. The smallest absolute Gasteiger partial charge is 0.148 e. The Morgan fingerprint density at radius 1 is 1.30 bits per heavy atom. The average Bonchev–Trinajstić information content (AvgIpc) is 2.79. The molecule has 1 aromatic heterocycles. The summed E-state index contributed by atoms with van der Waals surface area (Å²) in [5.74, 6) is 1.93. The highest BCUT2D eigenvalue weighted by molar-refractivity contribution is 9.10. The lowest BCUT2D eigenvalue weighted by Crippen LogP contribution is -2.37. The first kappa shape index (κ1) is 14.1. The second kappa shape index (κ2) is 6.26. The Hall–Kier alpha value is -0.880. The van der Waals surface area contributed by atoms with Crippen LogP contribution in [0.5, 0.6) is 0 Å². The summed E-state index contributed by atoms with van der Waals surface area (Å²) in [7, 11) is 0. The summed E-state index contributed by atoms with van der Waals surface area (Å²) < 4.78 is 0.994. The van der Waals surface area contributed by atoms with Gasteiger partial charge in [-0.15, -0.1) is 0 Å². The predicted molar refractivity (Wildman–Crippen MR) is 85.3 cm³/mol. The van der Waals surface area contributed by atoms with E-state index in [0.29, 0.717) is 6.04 Å². The summed E-state index contributed by atoms with van der Waals surface area (Å²) in [5, 5.41) is 3.28. The number of rotatable bonds is 3. The normalized spacial score (nSPS) is 23.5. The van der Waals surface area contributed by atoms with Gasteiger partial charge in [0.2, 0.25) is 0 Å². The zero-order valence-electron chi connectivity index (χ0n) is 12.0.